The fourth-order valence-electron chi connectivity index (χ4n) is 2.34. The van der Waals surface area contributed by atoms with Crippen LogP contribution in [-0.4, -0.2) is 23.2 Å². The van der Waals surface area contributed by atoms with Gasteiger partial charge >= 0.3 is 0 Å². The molecule has 3 heterocycles. The number of hydrogen-bond acceptors (Lipinski definition) is 6. The standard InChI is InChI=1S/C13H18N4OS/c14-11(10-6-5-9-19-10)12-15-13(16-18-12)17-7-3-1-2-4-8-17/h5-6,9,11H,1-4,7-8,14H2. The lowest BCUT2D eigenvalue weighted by Gasteiger charge is -2.16. The molecule has 0 saturated carbocycles. The van der Waals surface area contributed by atoms with Gasteiger partial charge in [-0.25, -0.2) is 0 Å². The zero-order valence-corrected chi connectivity index (χ0v) is 11.6. The molecule has 1 unspecified atom stereocenters. The Hall–Kier alpha value is -1.40. The number of anilines is 1. The zero-order chi connectivity index (χ0) is 13.1. The molecule has 1 saturated heterocycles. The topological polar surface area (TPSA) is 68.2 Å². The van der Waals surface area contributed by atoms with Gasteiger partial charge in [-0.1, -0.05) is 18.9 Å². The lowest BCUT2D eigenvalue weighted by Crippen LogP contribution is -2.25. The Morgan fingerprint density at radius 1 is 1.26 bits per heavy atom. The van der Waals surface area contributed by atoms with Gasteiger partial charge in [0.15, 0.2) is 0 Å². The molecule has 0 bridgehead atoms. The summed E-state index contributed by atoms with van der Waals surface area (Å²) in [7, 11) is 0. The van der Waals surface area contributed by atoms with Crippen LogP contribution in [0.5, 0.6) is 0 Å². The van der Waals surface area contributed by atoms with Gasteiger partial charge in [-0.2, -0.15) is 4.98 Å². The Morgan fingerprint density at radius 2 is 2.05 bits per heavy atom. The summed E-state index contributed by atoms with van der Waals surface area (Å²) in [5, 5.41) is 6.08. The Bertz CT molecular complexity index is 502. The highest BCUT2D eigenvalue weighted by Crippen LogP contribution is 2.24. The van der Waals surface area contributed by atoms with Gasteiger partial charge < -0.3 is 15.2 Å². The van der Waals surface area contributed by atoms with Crippen molar-refractivity contribution in [3.8, 4) is 0 Å². The second-order valence-corrected chi connectivity index (χ2v) is 5.81. The van der Waals surface area contributed by atoms with Crippen molar-refractivity contribution in [2.75, 3.05) is 18.0 Å². The molecule has 0 radical (unpaired) electrons. The van der Waals surface area contributed by atoms with Gasteiger partial charge in [0.1, 0.15) is 6.04 Å². The van der Waals surface area contributed by atoms with Crippen LogP contribution in [0.4, 0.5) is 5.95 Å². The fraction of sp³-hybridized carbons (Fsp3) is 0.538. The van der Waals surface area contributed by atoms with Crippen molar-refractivity contribution in [2.24, 2.45) is 5.73 Å². The average molecular weight is 278 g/mol. The summed E-state index contributed by atoms with van der Waals surface area (Å²) in [5.74, 6) is 1.19. The van der Waals surface area contributed by atoms with E-state index in [0.29, 0.717) is 11.8 Å². The van der Waals surface area contributed by atoms with Crippen molar-refractivity contribution in [3.05, 3.63) is 28.3 Å². The number of nitrogens with zero attached hydrogens (tertiary/aromatic N) is 3. The van der Waals surface area contributed by atoms with E-state index in [9.17, 15) is 0 Å². The Kier molecular flexibility index (Phi) is 3.79. The Labute approximate surface area is 116 Å². The summed E-state index contributed by atoms with van der Waals surface area (Å²) < 4.78 is 5.32. The van der Waals surface area contributed by atoms with Gasteiger partial charge in [-0.15, -0.1) is 11.3 Å². The third-order valence-corrected chi connectivity index (χ3v) is 4.39. The molecular formula is C13H18N4OS. The van der Waals surface area contributed by atoms with E-state index in [2.05, 4.69) is 15.0 Å². The molecule has 102 valence electrons. The zero-order valence-electron chi connectivity index (χ0n) is 10.8. The first kappa shape index (κ1) is 12.6. The van der Waals surface area contributed by atoms with E-state index in [-0.39, 0.29) is 6.04 Å². The lowest BCUT2D eigenvalue weighted by atomic mass is 10.2. The first-order valence-corrected chi connectivity index (χ1v) is 7.60. The van der Waals surface area contributed by atoms with E-state index >= 15 is 0 Å². The molecule has 0 aromatic carbocycles. The largest absolute Gasteiger partial charge is 0.338 e. The van der Waals surface area contributed by atoms with Crippen molar-refractivity contribution < 1.29 is 4.52 Å². The molecule has 1 aliphatic rings. The van der Waals surface area contributed by atoms with Gasteiger partial charge in [0.2, 0.25) is 0 Å². The summed E-state index contributed by atoms with van der Waals surface area (Å²) in [4.78, 5) is 7.70. The van der Waals surface area contributed by atoms with Crippen LogP contribution in [0.15, 0.2) is 22.0 Å². The van der Waals surface area contributed by atoms with Crippen LogP contribution < -0.4 is 10.6 Å². The maximum Gasteiger partial charge on any atom is 0.266 e. The van der Waals surface area contributed by atoms with Crippen LogP contribution in [0.1, 0.15) is 42.5 Å². The van der Waals surface area contributed by atoms with E-state index in [0.717, 1.165) is 18.0 Å². The van der Waals surface area contributed by atoms with Crippen LogP contribution in [0.25, 0.3) is 0 Å². The van der Waals surface area contributed by atoms with E-state index < -0.39 is 0 Å². The van der Waals surface area contributed by atoms with Crippen molar-refractivity contribution >= 4 is 17.3 Å². The highest BCUT2D eigenvalue weighted by Gasteiger charge is 2.21. The molecule has 6 heteroatoms. The van der Waals surface area contributed by atoms with Crippen LogP contribution >= 0.6 is 11.3 Å². The molecule has 2 aromatic heterocycles. The molecule has 1 fully saturated rings. The summed E-state index contributed by atoms with van der Waals surface area (Å²) in [6.07, 6.45) is 4.97. The number of hydrogen-bond donors (Lipinski definition) is 1. The number of nitrogens with two attached hydrogens (primary N) is 1. The first-order valence-electron chi connectivity index (χ1n) is 6.72. The average Bonchev–Trinajstić information content (AvgIpc) is 3.05. The Morgan fingerprint density at radius 3 is 2.74 bits per heavy atom. The van der Waals surface area contributed by atoms with Gasteiger partial charge in [0, 0.05) is 18.0 Å². The molecular weight excluding hydrogens is 260 g/mol. The van der Waals surface area contributed by atoms with E-state index in [1.165, 1.54) is 25.7 Å². The second kappa shape index (κ2) is 5.71. The molecule has 0 amide bonds. The van der Waals surface area contributed by atoms with Gasteiger partial charge in [-0.3, -0.25) is 0 Å². The quantitative estimate of drug-likeness (QED) is 0.934. The summed E-state index contributed by atoms with van der Waals surface area (Å²) in [6, 6.07) is 3.66. The summed E-state index contributed by atoms with van der Waals surface area (Å²) in [5.41, 5.74) is 6.13. The highest BCUT2D eigenvalue weighted by atomic mass is 32.1. The lowest BCUT2D eigenvalue weighted by molar-refractivity contribution is 0.367. The molecule has 0 spiro atoms. The predicted molar refractivity (Wildman–Crippen MR) is 75.3 cm³/mol. The number of thiophene rings is 1. The molecule has 0 aliphatic carbocycles. The minimum Gasteiger partial charge on any atom is -0.338 e. The second-order valence-electron chi connectivity index (χ2n) is 4.83. The van der Waals surface area contributed by atoms with Gasteiger partial charge in [0.25, 0.3) is 11.8 Å². The van der Waals surface area contributed by atoms with E-state index in [4.69, 9.17) is 10.3 Å². The summed E-state index contributed by atoms with van der Waals surface area (Å²) >= 11 is 1.61. The van der Waals surface area contributed by atoms with Gasteiger partial charge in [-0.05, 0) is 29.4 Å². The third kappa shape index (κ3) is 2.79. The maximum atomic E-state index is 6.13. The molecule has 2 aromatic rings. The molecule has 19 heavy (non-hydrogen) atoms. The number of rotatable bonds is 3. The van der Waals surface area contributed by atoms with Crippen LogP contribution in [0, 0.1) is 0 Å². The molecule has 3 rings (SSSR count). The maximum absolute atomic E-state index is 6.13. The van der Waals surface area contributed by atoms with E-state index in [1.54, 1.807) is 11.3 Å². The van der Waals surface area contributed by atoms with Crippen LogP contribution in [0.2, 0.25) is 0 Å². The Balaban J connectivity index is 1.75. The first-order chi connectivity index (χ1) is 9.34. The van der Waals surface area contributed by atoms with Gasteiger partial charge in [0.05, 0.1) is 0 Å². The third-order valence-electron chi connectivity index (χ3n) is 3.44. The minimum atomic E-state index is -0.312. The fourth-order valence-corrected chi connectivity index (χ4v) is 3.06. The predicted octanol–water partition coefficient (Wildman–Crippen LogP) is 2.56. The highest BCUT2D eigenvalue weighted by molar-refractivity contribution is 7.10. The van der Waals surface area contributed by atoms with Crippen molar-refractivity contribution in [2.45, 2.75) is 31.7 Å². The normalized spacial score (nSPS) is 18.3. The SMILES string of the molecule is NC(c1nc(N2CCCCCC2)no1)c1cccs1. The summed E-state index contributed by atoms with van der Waals surface area (Å²) in [6.45, 7) is 2.01. The minimum absolute atomic E-state index is 0.312. The van der Waals surface area contributed by atoms with Crippen molar-refractivity contribution in [1.29, 1.82) is 0 Å². The monoisotopic (exact) mass is 278 g/mol. The molecule has 2 N–H and O–H groups in total. The van der Waals surface area contributed by atoms with E-state index in [1.807, 2.05) is 17.5 Å². The van der Waals surface area contributed by atoms with Crippen LogP contribution in [0.3, 0.4) is 0 Å². The van der Waals surface area contributed by atoms with Crippen LogP contribution in [-0.2, 0) is 0 Å². The molecule has 5 nitrogen and oxygen atoms in total. The van der Waals surface area contributed by atoms with Crippen molar-refractivity contribution in [1.82, 2.24) is 10.1 Å². The molecule has 1 atom stereocenters. The van der Waals surface area contributed by atoms with Crippen molar-refractivity contribution in [3.63, 3.8) is 0 Å². The smallest absolute Gasteiger partial charge is 0.266 e. The molecule has 1 aliphatic heterocycles. The number of aromatic nitrogens is 2.